The molecular weight excluding hydrogens is 244 g/mol. The van der Waals surface area contributed by atoms with Crippen molar-refractivity contribution in [2.24, 2.45) is 5.41 Å². The Hall–Kier alpha value is 0.230. The van der Waals surface area contributed by atoms with E-state index in [1.54, 1.807) is 0 Å². The lowest BCUT2D eigenvalue weighted by Crippen LogP contribution is -2.56. The lowest BCUT2D eigenvalue weighted by atomic mass is 9.65. The third kappa shape index (κ3) is 3.21. The van der Waals surface area contributed by atoms with E-state index in [0.717, 1.165) is 13.1 Å². The highest BCUT2D eigenvalue weighted by Crippen LogP contribution is 2.44. The number of nitrogens with one attached hydrogen (secondary N) is 2. The largest absolute Gasteiger partial charge is 0.598 e. The Labute approximate surface area is 115 Å². The molecule has 2 fully saturated rings. The summed E-state index contributed by atoms with van der Waals surface area (Å²) >= 11 is -0.933. The molecule has 3 nitrogen and oxygen atoms in total. The van der Waals surface area contributed by atoms with E-state index in [-0.39, 0.29) is 4.75 Å². The van der Waals surface area contributed by atoms with Gasteiger partial charge in [0.15, 0.2) is 0 Å². The highest BCUT2D eigenvalue weighted by atomic mass is 32.2. The molecule has 1 unspecified atom stereocenters. The summed E-state index contributed by atoms with van der Waals surface area (Å²) in [6, 6.07) is 0.452. The van der Waals surface area contributed by atoms with Crippen molar-refractivity contribution in [3.63, 3.8) is 0 Å². The molecule has 0 aromatic heterocycles. The Balaban J connectivity index is 2.03. The molecule has 0 bridgehead atoms. The predicted molar refractivity (Wildman–Crippen MR) is 77.8 cm³/mol. The second kappa shape index (κ2) is 5.70. The average molecular weight is 272 g/mol. The Bertz CT molecular complexity index is 263. The van der Waals surface area contributed by atoms with Gasteiger partial charge in [-0.1, -0.05) is 12.8 Å². The molecule has 1 heterocycles. The van der Waals surface area contributed by atoms with Gasteiger partial charge in [0.05, 0.1) is 6.04 Å². The van der Waals surface area contributed by atoms with Crippen LogP contribution in [0.4, 0.5) is 0 Å². The minimum absolute atomic E-state index is 0.161. The van der Waals surface area contributed by atoms with Crippen LogP contribution in [0.25, 0.3) is 0 Å². The molecule has 2 N–H and O–H groups in total. The van der Waals surface area contributed by atoms with Crippen LogP contribution in [0.3, 0.4) is 0 Å². The zero-order valence-electron chi connectivity index (χ0n) is 12.1. The van der Waals surface area contributed by atoms with Gasteiger partial charge in [-0.15, -0.1) is 4.72 Å². The lowest BCUT2D eigenvalue weighted by molar-refractivity contribution is 0.0951. The zero-order valence-corrected chi connectivity index (χ0v) is 12.9. The Morgan fingerprint density at radius 1 is 1.17 bits per heavy atom. The van der Waals surface area contributed by atoms with Gasteiger partial charge in [0.25, 0.3) is 0 Å². The van der Waals surface area contributed by atoms with E-state index < -0.39 is 11.4 Å². The molecule has 18 heavy (non-hydrogen) atoms. The van der Waals surface area contributed by atoms with E-state index in [1.165, 1.54) is 38.5 Å². The molecule has 1 spiro atoms. The molecule has 0 aromatic rings. The SMILES string of the molecule is CC(C)(C)[S@@+]([O-])NC1CCCCC12CCNCC2. The maximum atomic E-state index is 12.3. The molecule has 1 aliphatic carbocycles. The molecular formula is C14H28N2OS. The maximum absolute atomic E-state index is 12.3. The van der Waals surface area contributed by atoms with E-state index in [1.807, 2.05) is 20.8 Å². The summed E-state index contributed by atoms with van der Waals surface area (Å²) in [5, 5.41) is 3.46. The Kier molecular flexibility index (Phi) is 4.63. The monoisotopic (exact) mass is 272 g/mol. The summed E-state index contributed by atoms with van der Waals surface area (Å²) in [6.45, 7) is 8.40. The van der Waals surface area contributed by atoms with E-state index in [4.69, 9.17) is 0 Å². The van der Waals surface area contributed by atoms with E-state index >= 15 is 0 Å². The van der Waals surface area contributed by atoms with Gasteiger partial charge in [-0.2, -0.15) is 0 Å². The fraction of sp³-hybridized carbons (Fsp3) is 1.00. The molecule has 4 heteroatoms. The molecule has 1 aliphatic heterocycles. The van der Waals surface area contributed by atoms with Crippen LogP contribution in [0.1, 0.15) is 59.3 Å². The smallest absolute Gasteiger partial charge is 0.136 e. The molecule has 2 rings (SSSR count). The van der Waals surface area contributed by atoms with Crippen molar-refractivity contribution in [2.45, 2.75) is 70.1 Å². The predicted octanol–water partition coefficient (Wildman–Crippen LogP) is 2.35. The minimum Gasteiger partial charge on any atom is -0.598 e. The molecule has 1 saturated heterocycles. The molecule has 1 saturated carbocycles. The van der Waals surface area contributed by atoms with Gasteiger partial charge < -0.3 is 9.87 Å². The number of piperidine rings is 1. The van der Waals surface area contributed by atoms with E-state index in [9.17, 15) is 4.55 Å². The van der Waals surface area contributed by atoms with Crippen LogP contribution in [0.2, 0.25) is 0 Å². The van der Waals surface area contributed by atoms with Crippen LogP contribution in [0, 0.1) is 5.41 Å². The van der Waals surface area contributed by atoms with Gasteiger partial charge in [0, 0.05) is 11.4 Å². The van der Waals surface area contributed by atoms with Crippen molar-refractivity contribution in [3.05, 3.63) is 0 Å². The van der Waals surface area contributed by atoms with Crippen LogP contribution < -0.4 is 10.0 Å². The number of rotatable bonds is 2. The fourth-order valence-corrected chi connectivity index (χ4v) is 4.30. The van der Waals surface area contributed by atoms with Gasteiger partial charge in [-0.25, -0.2) is 0 Å². The van der Waals surface area contributed by atoms with Crippen LogP contribution in [0.15, 0.2) is 0 Å². The number of hydrogen-bond acceptors (Lipinski definition) is 3. The zero-order chi connectivity index (χ0) is 13.2. The summed E-state index contributed by atoms with van der Waals surface area (Å²) in [7, 11) is 0. The molecule has 0 aromatic carbocycles. The molecule has 0 radical (unpaired) electrons. The van der Waals surface area contributed by atoms with Crippen molar-refractivity contribution >= 4 is 11.4 Å². The molecule has 0 amide bonds. The fourth-order valence-electron chi connectivity index (χ4n) is 3.32. The molecule has 2 aliphatic rings. The quantitative estimate of drug-likeness (QED) is 0.759. The first kappa shape index (κ1) is 14.6. The third-order valence-electron chi connectivity index (χ3n) is 4.56. The third-order valence-corrected chi connectivity index (χ3v) is 6.17. The summed E-state index contributed by atoms with van der Waals surface area (Å²) in [5.74, 6) is 0. The van der Waals surface area contributed by atoms with Gasteiger partial charge in [-0.3, -0.25) is 0 Å². The van der Waals surface area contributed by atoms with Crippen LogP contribution in [-0.2, 0) is 11.4 Å². The van der Waals surface area contributed by atoms with Crippen molar-refractivity contribution < 1.29 is 4.55 Å². The first-order valence-electron chi connectivity index (χ1n) is 7.33. The van der Waals surface area contributed by atoms with Crippen molar-refractivity contribution in [3.8, 4) is 0 Å². The molecule has 106 valence electrons. The molecule has 2 atom stereocenters. The summed E-state index contributed by atoms with van der Waals surface area (Å²) in [4.78, 5) is 0. The first-order valence-corrected chi connectivity index (χ1v) is 8.48. The summed E-state index contributed by atoms with van der Waals surface area (Å²) in [5.41, 5.74) is 0.407. The summed E-state index contributed by atoms with van der Waals surface area (Å²) < 4.78 is 15.6. The van der Waals surface area contributed by atoms with Crippen molar-refractivity contribution in [2.75, 3.05) is 13.1 Å². The number of hydrogen-bond donors (Lipinski definition) is 2. The topological polar surface area (TPSA) is 47.1 Å². The van der Waals surface area contributed by atoms with Crippen molar-refractivity contribution in [1.29, 1.82) is 0 Å². The highest BCUT2D eigenvalue weighted by molar-refractivity contribution is 7.90. The van der Waals surface area contributed by atoms with Gasteiger partial charge in [-0.05, 0) is 65.0 Å². The maximum Gasteiger partial charge on any atom is 0.136 e. The van der Waals surface area contributed by atoms with Crippen LogP contribution >= 0.6 is 0 Å². The van der Waals surface area contributed by atoms with E-state index in [0.29, 0.717) is 11.5 Å². The second-order valence-electron chi connectivity index (χ2n) is 6.91. The Morgan fingerprint density at radius 3 is 2.44 bits per heavy atom. The van der Waals surface area contributed by atoms with Gasteiger partial charge in [0.2, 0.25) is 0 Å². The van der Waals surface area contributed by atoms with Crippen LogP contribution in [0.5, 0.6) is 0 Å². The highest BCUT2D eigenvalue weighted by Gasteiger charge is 2.44. The normalized spacial score (nSPS) is 30.3. The first-order chi connectivity index (χ1) is 8.44. The van der Waals surface area contributed by atoms with Crippen LogP contribution in [-0.4, -0.2) is 28.4 Å². The summed E-state index contributed by atoms with van der Waals surface area (Å²) in [6.07, 6.45) is 7.63. The standard InChI is InChI=1S/C14H28N2OS/c1-13(2,3)18(17)16-12-6-4-5-7-14(12)8-10-15-11-9-14/h12,15-16H,4-11H2,1-3H3/t12?,18-/m1/s1. The van der Waals surface area contributed by atoms with Gasteiger partial charge in [0.1, 0.15) is 4.75 Å². The lowest BCUT2D eigenvalue weighted by Gasteiger charge is -2.47. The Morgan fingerprint density at radius 2 is 1.83 bits per heavy atom. The van der Waals surface area contributed by atoms with E-state index in [2.05, 4.69) is 10.0 Å². The van der Waals surface area contributed by atoms with Gasteiger partial charge >= 0.3 is 0 Å². The average Bonchev–Trinajstić information content (AvgIpc) is 2.32. The second-order valence-corrected chi connectivity index (χ2v) is 8.91. The van der Waals surface area contributed by atoms with Crippen molar-refractivity contribution in [1.82, 2.24) is 10.0 Å². The minimum atomic E-state index is -0.933.